The van der Waals surface area contributed by atoms with Gasteiger partial charge in [-0.3, -0.25) is 4.68 Å². The monoisotopic (exact) mass is 275 g/mol. The fraction of sp³-hybridized carbons (Fsp3) is 0.231. The van der Waals surface area contributed by atoms with Crippen LogP contribution in [0.5, 0.6) is 0 Å². The van der Waals surface area contributed by atoms with Crippen LogP contribution in [0.2, 0.25) is 5.02 Å². The lowest BCUT2D eigenvalue weighted by molar-refractivity contribution is 0.753. The summed E-state index contributed by atoms with van der Waals surface area (Å²) in [5.74, 6) is 0.698. The molecule has 98 valence electrons. The van der Waals surface area contributed by atoms with Gasteiger partial charge in [0.05, 0.1) is 33.7 Å². The third-order valence-corrected chi connectivity index (χ3v) is 3.16. The van der Waals surface area contributed by atoms with Crippen molar-refractivity contribution in [1.29, 1.82) is 5.26 Å². The molecule has 0 aliphatic carbocycles. The van der Waals surface area contributed by atoms with E-state index in [-0.39, 0.29) is 0 Å². The van der Waals surface area contributed by atoms with E-state index < -0.39 is 0 Å². The number of halogens is 1. The predicted molar refractivity (Wildman–Crippen MR) is 76.4 cm³/mol. The SMILES string of the molecule is CCc1nn(C)c(Nc2ccc(C#N)cc2Cl)c1N. The van der Waals surface area contributed by atoms with Crippen molar-refractivity contribution in [2.45, 2.75) is 13.3 Å². The molecule has 1 heterocycles. The topological polar surface area (TPSA) is 79.7 Å². The minimum Gasteiger partial charge on any atom is -0.394 e. The first-order valence-corrected chi connectivity index (χ1v) is 6.22. The number of nitriles is 1. The Morgan fingerprint density at radius 3 is 2.79 bits per heavy atom. The van der Waals surface area contributed by atoms with Crippen molar-refractivity contribution in [3.05, 3.63) is 34.5 Å². The summed E-state index contributed by atoms with van der Waals surface area (Å²) in [6.07, 6.45) is 0.766. The van der Waals surface area contributed by atoms with Gasteiger partial charge in [-0.25, -0.2) is 0 Å². The zero-order chi connectivity index (χ0) is 14.0. The molecule has 5 nitrogen and oxygen atoms in total. The number of anilines is 3. The number of hydrogen-bond donors (Lipinski definition) is 2. The molecule has 0 spiro atoms. The highest BCUT2D eigenvalue weighted by molar-refractivity contribution is 6.33. The first kappa shape index (κ1) is 13.2. The Labute approximate surface area is 116 Å². The third kappa shape index (κ3) is 2.49. The van der Waals surface area contributed by atoms with Gasteiger partial charge in [-0.05, 0) is 24.6 Å². The summed E-state index contributed by atoms with van der Waals surface area (Å²) in [5, 5.41) is 16.7. The van der Waals surface area contributed by atoms with Crippen molar-refractivity contribution in [2.24, 2.45) is 7.05 Å². The Kier molecular flexibility index (Phi) is 3.63. The molecular formula is C13H14ClN5. The van der Waals surface area contributed by atoms with Gasteiger partial charge in [-0.1, -0.05) is 18.5 Å². The summed E-state index contributed by atoms with van der Waals surface area (Å²) in [7, 11) is 1.81. The van der Waals surface area contributed by atoms with Gasteiger partial charge in [-0.15, -0.1) is 0 Å². The number of nitrogens with two attached hydrogens (primary N) is 1. The van der Waals surface area contributed by atoms with Crippen LogP contribution in [-0.2, 0) is 13.5 Å². The van der Waals surface area contributed by atoms with E-state index in [1.54, 1.807) is 22.9 Å². The van der Waals surface area contributed by atoms with Gasteiger partial charge in [0.15, 0.2) is 5.82 Å². The zero-order valence-corrected chi connectivity index (χ0v) is 11.5. The quantitative estimate of drug-likeness (QED) is 0.903. The molecule has 0 saturated carbocycles. The molecule has 0 aliphatic rings. The molecule has 2 aromatic rings. The normalized spacial score (nSPS) is 10.2. The summed E-state index contributed by atoms with van der Waals surface area (Å²) < 4.78 is 1.68. The molecule has 2 rings (SSSR count). The number of nitrogen functional groups attached to an aromatic ring is 1. The van der Waals surface area contributed by atoms with Gasteiger partial charge in [0.25, 0.3) is 0 Å². The number of hydrogen-bond acceptors (Lipinski definition) is 4. The summed E-state index contributed by atoms with van der Waals surface area (Å²) in [4.78, 5) is 0. The maximum Gasteiger partial charge on any atom is 0.152 e. The lowest BCUT2D eigenvalue weighted by Gasteiger charge is -2.09. The van der Waals surface area contributed by atoms with Crippen LogP contribution in [0.3, 0.4) is 0 Å². The van der Waals surface area contributed by atoms with Gasteiger partial charge in [0, 0.05) is 7.05 Å². The number of nitrogens with zero attached hydrogens (tertiary/aromatic N) is 3. The number of aryl methyl sites for hydroxylation is 2. The predicted octanol–water partition coefficient (Wildman–Crippen LogP) is 2.83. The van der Waals surface area contributed by atoms with E-state index in [9.17, 15) is 0 Å². The number of aromatic nitrogens is 2. The molecule has 0 aliphatic heterocycles. The summed E-state index contributed by atoms with van der Waals surface area (Å²) in [5.41, 5.74) is 8.69. The van der Waals surface area contributed by atoms with Crippen LogP contribution in [0.4, 0.5) is 17.2 Å². The van der Waals surface area contributed by atoms with Crippen molar-refractivity contribution in [1.82, 2.24) is 9.78 Å². The summed E-state index contributed by atoms with van der Waals surface area (Å²) >= 11 is 6.12. The standard InChI is InChI=1S/C13H14ClN5/c1-3-10-12(16)13(19(2)18-10)17-11-5-4-8(7-15)6-9(11)14/h4-6,17H,3,16H2,1-2H3. The van der Waals surface area contributed by atoms with Crippen molar-refractivity contribution >= 4 is 28.8 Å². The van der Waals surface area contributed by atoms with E-state index in [0.29, 0.717) is 27.8 Å². The van der Waals surface area contributed by atoms with Crippen LogP contribution in [0.1, 0.15) is 18.2 Å². The van der Waals surface area contributed by atoms with Crippen molar-refractivity contribution in [2.75, 3.05) is 11.1 Å². The zero-order valence-electron chi connectivity index (χ0n) is 10.7. The average Bonchev–Trinajstić information content (AvgIpc) is 2.68. The van der Waals surface area contributed by atoms with Gasteiger partial charge in [0.2, 0.25) is 0 Å². The van der Waals surface area contributed by atoms with Crippen LogP contribution in [-0.4, -0.2) is 9.78 Å². The first-order chi connectivity index (χ1) is 9.06. The molecule has 19 heavy (non-hydrogen) atoms. The molecule has 0 radical (unpaired) electrons. The van der Waals surface area contributed by atoms with Crippen molar-refractivity contribution < 1.29 is 0 Å². The van der Waals surface area contributed by atoms with E-state index in [1.807, 2.05) is 20.0 Å². The maximum atomic E-state index is 8.80. The highest BCUT2D eigenvalue weighted by Gasteiger charge is 2.13. The maximum absolute atomic E-state index is 8.80. The molecule has 6 heteroatoms. The minimum absolute atomic E-state index is 0.470. The number of benzene rings is 1. The van der Waals surface area contributed by atoms with E-state index in [1.165, 1.54) is 0 Å². The highest BCUT2D eigenvalue weighted by Crippen LogP contribution is 2.30. The summed E-state index contributed by atoms with van der Waals surface area (Å²) in [6.45, 7) is 2.00. The molecule has 1 aromatic carbocycles. The highest BCUT2D eigenvalue weighted by atomic mass is 35.5. The van der Waals surface area contributed by atoms with Crippen molar-refractivity contribution in [3.8, 4) is 6.07 Å². The largest absolute Gasteiger partial charge is 0.394 e. The molecule has 1 aromatic heterocycles. The van der Waals surface area contributed by atoms with E-state index in [0.717, 1.165) is 12.1 Å². The first-order valence-electron chi connectivity index (χ1n) is 5.84. The van der Waals surface area contributed by atoms with Crippen molar-refractivity contribution in [3.63, 3.8) is 0 Å². The Hall–Kier alpha value is -2.19. The van der Waals surface area contributed by atoms with Gasteiger partial charge < -0.3 is 11.1 Å². The van der Waals surface area contributed by atoms with Crippen LogP contribution in [0, 0.1) is 11.3 Å². The summed E-state index contributed by atoms with van der Waals surface area (Å²) in [6, 6.07) is 7.09. The molecule has 0 fully saturated rings. The molecule has 0 atom stereocenters. The molecule has 0 amide bonds. The van der Waals surface area contributed by atoms with Gasteiger partial charge in [-0.2, -0.15) is 10.4 Å². The van der Waals surface area contributed by atoms with Crippen LogP contribution in [0.15, 0.2) is 18.2 Å². The van der Waals surface area contributed by atoms with Crippen LogP contribution >= 0.6 is 11.6 Å². The lowest BCUT2D eigenvalue weighted by Crippen LogP contribution is -2.01. The second-order valence-electron chi connectivity index (χ2n) is 4.12. The second kappa shape index (κ2) is 5.21. The Balaban J connectivity index is 2.37. The Morgan fingerprint density at radius 1 is 1.53 bits per heavy atom. The fourth-order valence-electron chi connectivity index (χ4n) is 1.82. The number of rotatable bonds is 3. The van der Waals surface area contributed by atoms with Crippen LogP contribution < -0.4 is 11.1 Å². The Morgan fingerprint density at radius 2 is 2.26 bits per heavy atom. The molecular weight excluding hydrogens is 262 g/mol. The molecule has 0 unspecified atom stereocenters. The number of nitrogens with one attached hydrogen (secondary N) is 1. The van der Waals surface area contributed by atoms with E-state index in [2.05, 4.69) is 10.4 Å². The van der Waals surface area contributed by atoms with Gasteiger partial charge in [0.1, 0.15) is 0 Å². The Bertz CT molecular complexity index is 654. The van der Waals surface area contributed by atoms with E-state index in [4.69, 9.17) is 22.6 Å². The molecule has 0 bridgehead atoms. The fourth-order valence-corrected chi connectivity index (χ4v) is 2.05. The molecule has 0 saturated heterocycles. The lowest BCUT2D eigenvalue weighted by atomic mass is 10.2. The van der Waals surface area contributed by atoms with Crippen LogP contribution in [0.25, 0.3) is 0 Å². The average molecular weight is 276 g/mol. The van der Waals surface area contributed by atoms with E-state index >= 15 is 0 Å². The van der Waals surface area contributed by atoms with Gasteiger partial charge >= 0.3 is 0 Å². The third-order valence-electron chi connectivity index (χ3n) is 2.85. The smallest absolute Gasteiger partial charge is 0.152 e. The molecule has 3 N–H and O–H groups in total. The minimum atomic E-state index is 0.470. The second-order valence-corrected chi connectivity index (χ2v) is 4.52.